The van der Waals surface area contributed by atoms with Crippen LogP contribution in [-0.4, -0.2) is 17.6 Å². The van der Waals surface area contributed by atoms with Crippen LogP contribution in [0.25, 0.3) is 10.9 Å². The van der Waals surface area contributed by atoms with Gasteiger partial charge in [0.15, 0.2) is 0 Å². The van der Waals surface area contributed by atoms with Crippen molar-refractivity contribution in [2.45, 2.75) is 45.6 Å². The molecule has 2 heteroatoms. The number of pyridine rings is 1. The Morgan fingerprint density at radius 3 is 2.89 bits per heavy atom. The van der Waals surface area contributed by atoms with Gasteiger partial charge in [-0.05, 0) is 37.9 Å². The lowest BCUT2D eigenvalue weighted by atomic mass is 10.1. The average Bonchev–Trinajstić information content (AvgIpc) is 2.45. The Bertz CT molecular complexity index is 502. The standard InChI is InChI=1S/C17H24N2/c1-3-4-7-14(2)18-13-11-16-9-5-8-15-10-6-12-19-17(15)16/h5-6,8-10,12,14,18H,3-4,7,11,13H2,1-2H3. The monoisotopic (exact) mass is 256 g/mol. The Morgan fingerprint density at radius 1 is 1.21 bits per heavy atom. The van der Waals surface area contributed by atoms with Crippen molar-refractivity contribution in [3.63, 3.8) is 0 Å². The highest BCUT2D eigenvalue weighted by molar-refractivity contribution is 5.81. The summed E-state index contributed by atoms with van der Waals surface area (Å²) in [5.74, 6) is 0. The van der Waals surface area contributed by atoms with Gasteiger partial charge in [0.2, 0.25) is 0 Å². The zero-order chi connectivity index (χ0) is 13.5. The lowest BCUT2D eigenvalue weighted by Crippen LogP contribution is -2.28. The molecule has 1 aromatic heterocycles. The Labute approximate surface area is 116 Å². The number of rotatable bonds is 7. The number of nitrogens with one attached hydrogen (secondary N) is 1. The number of hydrogen-bond donors (Lipinski definition) is 1. The zero-order valence-electron chi connectivity index (χ0n) is 12.0. The second-order valence-electron chi connectivity index (χ2n) is 5.24. The van der Waals surface area contributed by atoms with Crippen molar-refractivity contribution in [1.29, 1.82) is 0 Å². The van der Waals surface area contributed by atoms with E-state index in [2.05, 4.69) is 48.4 Å². The molecule has 102 valence electrons. The number of aromatic nitrogens is 1. The summed E-state index contributed by atoms with van der Waals surface area (Å²) >= 11 is 0. The van der Waals surface area contributed by atoms with Crippen molar-refractivity contribution < 1.29 is 0 Å². The molecule has 1 unspecified atom stereocenters. The van der Waals surface area contributed by atoms with E-state index in [1.165, 1.54) is 30.2 Å². The van der Waals surface area contributed by atoms with E-state index < -0.39 is 0 Å². The van der Waals surface area contributed by atoms with E-state index in [-0.39, 0.29) is 0 Å². The summed E-state index contributed by atoms with van der Waals surface area (Å²) in [5.41, 5.74) is 2.49. The number of hydrogen-bond acceptors (Lipinski definition) is 2. The maximum Gasteiger partial charge on any atom is 0.0734 e. The van der Waals surface area contributed by atoms with Gasteiger partial charge >= 0.3 is 0 Å². The molecule has 2 nitrogen and oxygen atoms in total. The van der Waals surface area contributed by atoms with Crippen LogP contribution in [0.1, 0.15) is 38.7 Å². The number of fused-ring (bicyclic) bond motifs is 1. The Kier molecular flexibility index (Phi) is 5.34. The Morgan fingerprint density at radius 2 is 2.05 bits per heavy atom. The maximum atomic E-state index is 4.50. The van der Waals surface area contributed by atoms with Crippen LogP contribution in [0.4, 0.5) is 0 Å². The molecule has 0 aliphatic heterocycles. The largest absolute Gasteiger partial charge is 0.314 e. The van der Waals surface area contributed by atoms with Crippen LogP contribution < -0.4 is 5.32 Å². The first-order valence-corrected chi connectivity index (χ1v) is 7.37. The molecule has 0 aliphatic carbocycles. The second kappa shape index (κ2) is 7.25. The number of unbranched alkanes of at least 4 members (excludes halogenated alkanes) is 1. The molecular formula is C17H24N2. The van der Waals surface area contributed by atoms with Crippen molar-refractivity contribution >= 4 is 10.9 Å². The van der Waals surface area contributed by atoms with Crippen molar-refractivity contribution in [2.24, 2.45) is 0 Å². The summed E-state index contributed by atoms with van der Waals surface area (Å²) in [6.45, 7) is 5.55. The van der Waals surface area contributed by atoms with E-state index in [1.807, 2.05) is 12.3 Å². The fourth-order valence-electron chi connectivity index (χ4n) is 2.43. The minimum atomic E-state index is 0.614. The van der Waals surface area contributed by atoms with Crippen LogP contribution >= 0.6 is 0 Å². The Balaban J connectivity index is 1.91. The molecule has 1 heterocycles. The van der Waals surface area contributed by atoms with Gasteiger partial charge in [0, 0.05) is 17.6 Å². The normalized spacial score (nSPS) is 12.7. The van der Waals surface area contributed by atoms with Crippen molar-refractivity contribution in [3.8, 4) is 0 Å². The second-order valence-corrected chi connectivity index (χ2v) is 5.24. The van der Waals surface area contributed by atoms with Gasteiger partial charge in [0.1, 0.15) is 0 Å². The van der Waals surface area contributed by atoms with Crippen LogP contribution in [0.2, 0.25) is 0 Å². The fraction of sp³-hybridized carbons (Fsp3) is 0.471. The lowest BCUT2D eigenvalue weighted by molar-refractivity contribution is 0.498. The minimum absolute atomic E-state index is 0.614. The van der Waals surface area contributed by atoms with Gasteiger partial charge in [-0.1, -0.05) is 44.0 Å². The SMILES string of the molecule is CCCCC(C)NCCc1cccc2cccnc12. The van der Waals surface area contributed by atoms with Crippen LogP contribution in [0, 0.1) is 0 Å². The smallest absolute Gasteiger partial charge is 0.0734 e. The Hall–Kier alpha value is -1.41. The molecule has 0 spiro atoms. The molecule has 1 N–H and O–H groups in total. The number of benzene rings is 1. The first-order valence-electron chi connectivity index (χ1n) is 7.37. The van der Waals surface area contributed by atoms with Crippen molar-refractivity contribution in [3.05, 3.63) is 42.1 Å². The summed E-state index contributed by atoms with van der Waals surface area (Å²) < 4.78 is 0. The van der Waals surface area contributed by atoms with Crippen LogP contribution in [0.15, 0.2) is 36.5 Å². The number of nitrogens with zero attached hydrogens (tertiary/aromatic N) is 1. The van der Waals surface area contributed by atoms with Crippen LogP contribution in [0.5, 0.6) is 0 Å². The zero-order valence-corrected chi connectivity index (χ0v) is 12.0. The molecule has 0 aliphatic rings. The van der Waals surface area contributed by atoms with E-state index in [0.29, 0.717) is 6.04 Å². The quantitative estimate of drug-likeness (QED) is 0.811. The first-order chi connectivity index (χ1) is 9.31. The molecule has 0 radical (unpaired) electrons. The third-order valence-electron chi connectivity index (χ3n) is 3.59. The number of para-hydroxylation sites is 1. The van der Waals surface area contributed by atoms with Crippen LogP contribution in [-0.2, 0) is 6.42 Å². The summed E-state index contributed by atoms with van der Waals surface area (Å²) in [6, 6.07) is 11.2. The summed E-state index contributed by atoms with van der Waals surface area (Å²) in [4.78, 5) is 4.50. The van der Waals surface area contributed by atoms with Crippen LogP contribution in [0.3, 0.4) is 0 Å². The summed E-state index contributed by atoms with van der Waals surface area (Å²) in [7, 11) is 0. The molecule has 0 saturated carbocycles. The van der Waals surface area contributed by atoms with Gasteiger partial charge in [-0.15, -0.1) is 0 Å². The average molecular weight is 256 g/mol. The van der Waals surface area contributed by atoms with E-state index in [1.54, 1.807) is 0 Å². The van der Waals surface area contributed by atoms with Crippen molar-refractivity contribution in [1.82, 2.24) is 10.3 Å². The molecule has 1 atom stereocenters. The fourth-order valence-corrected chi connectivity index (χ4v) is 2.43. The molecule has 0 amide bonds. The predicted octanol–water partition coefficient (Wildman–Crippen LogP) is 3.95. The van der Waals surface area contributed by atoms with E-state index in [9.17, 15) is 0 Å². The molecule has 1 aromatic carbocycles. The molecule has 0 fully saturated rings. The van der Waals surface area contributed by atoms with E-state index in [0.717, 1.165) is 18.5 Å². The highest BCUT2D eigenvalue weighted by atomic mass is 14.9. The molecule has 0 bridgehead atoms. The summed E-state index contributed by atoms with van der Waals surface area (Å²) in [5, 5.41) is 4.84. The van der Waals surface area contributed by atoms with Gasteiger partial charge < -0.3 is 5.32 Å². The third-order valence-corrected chi connectivity index (χ3v) is 3.59. The van der Waals surface area contributed by atoms with Gasteiger partial charge in [-0.25, -0.2) is 0 Å². The highest BCUT2D eigenvalue weighted by Gasteiger charge is 2.03. The van der Waals surface area contributed by atoms with Gasteiger partial charge in [0.25, 0.3) is 0 Å². The lowest BCUT2D eigenvalue weighted by Gasteiger charge is -2.13. The van der Waals surface area contributed by atoms with Crippen molar-refractivity contribution in [2.75, 3.05) is 6.54 Å². The summed E-state index contributed by atoms with van der Waals surface area (Å²) in [6.07, 6.45) is 6.78. The molecular weight excluding hydrogens is 232 g/mol. The molecule has 19 heavy (non-hydrogen) atoms. The first kappa shape index (κ1) is 14.0. The third kappa shape index (κ3) is 4.03. The van der Waals surface area contributed by atoms with E-state index >= 15 is 0 Å². The molecule has 2 aromatic rings. The minimum Gasteiger partial charge on any atom is -0.314 e. The predicted molar refractivity (Wildman–Crippen MR) is 82.4 cm³/mol. The van der Waals surface area contributed by atoms with E-state index in [4.69, 9.17) is 0 Å². The molecule has 2 rings (SSSR count). The highest BCUT2D eigenvalue weighted by Crippen LogP contribution is 2.16. The molecule has 0 saturated heterocycles. The maximum absolute atomic E-state index is 4.50. The van der Waals surface area contributed by atoms with Gasteiger partial charge in [-0.3, -0.25) is 4.98 Å². The van der Waals surface area contributed by atoms with Gasteiger partial charge in [0.05, 0.1) is 5.52 Å². The van der Waals surface area contributed by atoms with Gasteiger partial charge in [-0.2, -0.15) is 0 Å². The topological polar surface area (TPSA) is 24.9 Å².